The third-order valence-corrected chi connectivity index (χ3v) is 7.05. The molecule has 0 aromatic heterocycles. The molecular formula is C30H48N4O6. The highest BCUT2D eigenvalue weighted by Gasteiger charge is 2.52. The van der Waals surface area contributed by atoms with Crippen molar-refractivity contribution in [2.45, 2.75) is 47.0 Å². The Morgan fingerprint density at radius 2 is 1.60 bits per heavy atom. The number of phenolic OH excluding ortho intramolecular Hbond substituents is 1. The molecule has 3 aliphatic rings. The zero-order valence-corrected chi connectivity index (χ0v) is 25.4. The summed E-state index contributed by atoms with van der Waals surface area (Å²) >= 11 is 0. The molecule has 224 valence electrons. The Morgan fingerprint density at radius 1 is 1.07 bits per heavy atom. The van der Waals surface area contributed by atoms with E-state index in [1.807, 2.05) is 39.2 Å². The quantitative estimate of drug-likeness (QED) is 0.129. The van der Waals surface area contributed by atoms with Crippen LogP contribution >= 0.6 is 0 Å². The number of nitrogens with one attached hydrogen (secondary N) is 1. The van der Waals surface area contributed by atoms with E-state index in [1.54, 1.807) is 6.92 Å². The molecular weight excluding hydrogens is 512 g/mol. The molecule has 40 heavy (non-hydrogen) atoms. The number of hydrogen-bond acceptors (Lipinski definition) is 10. The van der Waals surface area contributed by atoms with Crippen LogP contribution in [0.2, 0.25) is 0 Å². The highest BCUT2D eigenvalue weighted by molar-refractivity contribution is 6.30. The first-order valence-corrected chi connectivity index (χ1v) is 13.4. The highest BCUT2D eigenvalue weighted by atomic mass is 16.3. The van der Waals surface area contributed by atoms with Crippen molar-refractivity contribution >= 4 is 28.8 Å². The van der Waals surface area contributed by atoms with E-state index in [4.69, 9.17) is 5.73 Å². The molecule has 0 bridgehead atoms. The number of anilines is 1. The molecule has 1 aromatic rings. The summed E-state index contributed by atoms with van der Waals surface area (Å²) in [6, 6.07) is 1.84. The van der Waals surface area contributed by atoms with Crippen molar-refractivity contribution in [3.8, 4) is 5.75 Å². The summed E-state index contributed by atoms with van der Waals surface area (Å²) in [6.07, 6.45) is 1.33. The summed E-state index contributed by atoms with van der Waals surface area (Å²) in [5, 5.41) is 33.7. The molecule has 0 spiro atoms. The number of aliphatic hydroxyl groups excluding tert-OH is 2. The molecule has 10 nitrogen and oxygen atoms in total. The molecule has 3 unspecified atom stereocenters. The van der Waals surface area contributed by atoms with Crippen molar-refractivity contribution in [3.63, 3.8) is 0 Å². The van der Waals surface area contributed by atoms with Gasteiger partial charge in [0, 0.05) is 31.8 Å². The zero-order chi connectivity index (χ0) is 31.1. The van der Waals surface area contributed by atoms with Crippen LogP contribution in [0, 0.1) is 30.1 Å². The average Bonchev–Trinajstić information content (AvgIpc) is 2.87. The number of aryl methyl sites for hydroxylation is 1. The summed E-state index contributed by atoms with van der Waals surface area (Å²) in [7, 11) is 8.98. The fraction of sp³-hybridized carbons (Fsp3) is 0.567. The molecule has 0 radical (unpaired) electrons. The minimum atomic E-state index is -1.08. The number of aliphatic hydroxyl groups is 2. The molecule has 0 heterocycles. The van der Waals surface area contributed by atoms with Gasteiger partial charge < -0.3 is 37.0 Å². The van der Waals surface area contributed by atoms with E-state index in [-0.39, 0.29) is 40.6 Å². The van der Waals surface area contributed by atoms with E-state index in [0.717, 1.165) is 17.8 Å². The molecule has 3 atom stereocenters. The number of rotatable bonds is 1. The molecule has 8 N–H and O–H groups in total. The maximum absolute atomic E-state index is 13.3. The first-order valence-electron chi connectivity index (χ1n) is 13.4. The highest BCUT2D eigenvalue weighted by Crippen LogP contribution is 2.51. The van der Waals surface area contributed by atoms with Crippen LogP contribution in [0.3, 0.4) is 0 Å². The van der Waals surface area contributed by atoms with E-state index in [1.165, 1.54) is 7.05 Å². The molecule has 1 aromatic carbocycles. The maximum Gasteiger partial charge on any atom is 0.180 e. The number of aromatic hydroxyl groups is 1. The van der Waals surface area contributed by atoms with Crippen LogP contribution in [-0.4, -0.2) is 74.5 Å². The second-order valence-corrected chi connectivity index (χ2v) is 11.6. The van der Waals surface area contributed by atoms with Crippen LogP contribution in [0.1, 0.15) is 50.3 Å². The third-order valence-electron chi connectivity index (χ3n) is 7.05. The van der Waals surface area contributed by atoms with Crippen molar-refractivity contribution in [3.05, 3.63) is 40.2 Å². The molecule has 0 amide bonds. The Labute approximate surface area is 238 Å². The van der Waals surface area contributed by atoms with E-state index < -0.39 is 29.2 Å². The number of Topliss-reactive ketones (excluding diaryl/α,β-unsaturated/α-hetero) is 3. The predicted molar refractivity (Wildman–Crippen MR) is 159 cm³/mol. The van der Waals surface area contributed by atoms with Crippen LogP contribution in [0.4, 0.5) is 5.69 Å². The van der Waals surface area contributed by atoms with E-state index in [2.05, 4.69) is 31.8 Å². The fourth-order valence-corrected chi connectivity index (χ4v) is 5.09. The second kappa shape index (κ2) is 14.4. The SMILES string of the molecule is CC(C)(C)CN.CN.CNC.Cc1cc(N(C)C)c2c(c1O)C(O)=C1C(=O)C3C(=O)/C(=C\O)C(=O)CC3CC1C2. The smallest absolute Gasteiger partial charge is 0.180 e. The van der Waals surface area contributed by atoms with Gasteiger partial charge in [0.1, 0.15) is 11.5 Å². The number of allylic oxidation sites excluding steroid dienone is 2. The first-order chi connectivity index (χ1) is 18.6. The lowest BCUT2D eigenvalue weighted by atomic mass is 9.60. The molecule has 2 fully saturated rings. The van der Waals surface area contributed by atoms with Crippen LogP contribution < -0.4 is 21.7 Å². The van der Waals surface area contributed by atoms with Gasteiger partial charge in [-0.3, -0.25) is 14.4 Å². The van der Waals surface area contributed by atoms with Gasteiger partial charge in [-0.15, -0.1) is 0 Å². The maximum atomic E-state index is 13.3. The van der Waals surface area contributed by atoms with Gasteiger partial charge in [-0.2, -0.15) is 0 Å². The topological polar surface area (TPSA) is 179 Å². The number of nitrogens with two attached hydrogens (primary N) is 2. The van der Waals surface area contributed by atoms with Gasteiger partial charge in [-0.25, -0.2) is 0 Å². The van der Waals surface area contributed by atoms with E-state index in [0.29, 0.717) is 30.1 Å². The van der Waals surface area contributed by atoms with Crippen LogP contribution in [-0.2, 0) is 20.8 Å². The molecule has 3 aliphatic carbocycles. The number of benzene rings is 1. The molecule has 0 aliphatic heterocycles. The first kappa shape index (κ1) is 34.8. The summed E-state index contributed by atoms with van der Waals surface area (Å²) in [6.45, 7) is 8.85. The molecule has 4 rings (SSSR count). The van der Waals surface area contributed by atoms with Gasteiger partial charge in [0.15, 0.2) is 17.3 Å². The summed E-state index contributed by atoms with van der Waals surface area (Å²) < 4.78 is 0. The number of ketones is 3. The second-order valence-electron chi connectivity index (χ2n) is 11.6. The Kier molecular flexibility index (Phi) is 12.6. The lowest BCUT2D eigenvalue weighted by molar-refractivity contribution is -0.137. The molecule has 2 saturated carbocycles. The monoisotopic (exact) mass is 560 g/mol. The van der Waals surface area contributed by atoms with Gasteiger partial charge in [0.2, 0.25) is 0 Å². The Bertz CT molecular complexity index is 1160. The van der Waals surface area contributed by atoms with Gasteiger partial charge in [0.05, 0.1) is 23.3 Å². The standard InChI is InChI=1S/C22H23NO6.C5H13N.C2H7N.CH5N/c1-9-4-14(23(2)3)12-6-10-5-11-7-15(25)13(8-24)20(27)16(11)21(28)17(10)22(29)18(12)19(9)26;1-5(2,3)4-6;1-3-2;1-2/h4,8,10-11,16,24,26,29H,5-7H2,1-3H3;4,6H2,1-3H3;3H,1-2H3;2H2,1H3/b13-8-;;;. The van der Waals surface area contributed by atoms with Crippen LogP contribution in [0.5, 0.6) is 5.75 Å². The van der Waals surface area contributed by atoms with Crippen molar-refractivity contribution in [1.29, 1.82) is 0 Å². The van der Waals surface area contributed by atoms with Crippen molar-refractivity contribution in [2.75, 3.05) is 46.7 Å². The van der Waals surface area contributed by atoms with Crippen LogP contribution in [0.25, 0.3) is 5.76 Å². The van der Waals surface area contributed by atoms with E-state index in [9.17, 15) is 29.7 Å². The van der Waals surface area contributed by atoms with Crippen LogP contribution in [0.15, 0.2) is 23.5 Å². The van der Waals surface area contributed by atoms with Gasteiger partial charge >= 0.3 is 0 Å². The number of fused-ring (bicyclic) bond motifs is 3. The average molecular weight is 561 g/mol. The van der Waals surface area contributed by atoms with Gasteiger partial charge in [0.25, 0.3) is 0 Å². The Balaban J connectivity index is 0.000000627. The normalized spacial score (nSPS) is 22.4. The molecule has 10 heteroatoms. The third kappa shape index (κ3) is 7.30. The largest absolute Gasteiger partial charge is 0.515 e. The van der Waals surface area contributed by atoms with Gasteiger partial charge in [-0.1, -0.05) is 20.8 Å². The summed E-state index contributed by atoms with van der Waals surface area (Å²) in [4.78, 5) is 40.0. The van der Waals surface area contributed by atoms with Gasteiger partial charge in [-0.05, 0) is 81.9 Å². The Hall–Kier alpha value is -3.21. The number of nitrogens with zero attached hydrogens (tertiary/aromatic N) is 1. The number of phenols is 1. The molecule has 0 saturated heterocycles. The Morgan fingerprint density at radius 3 is 2.05 bits per heavy atom. The lowest BCUT2D eigenvalue weighted by Crippen LogP contribution is -2.47. The van der Waals surface area contributed by atoms with E-state index >= 15 is 0 Å². The predicted octanol–water partition coefficient (Wildman–Crippen LogP) is 2.80. The summed E-state index contributed by atoms with van der Waals surface area (Å²) in [5.41, 5.74) is 12.3. The number of hydrogen-bond donors (Lipinski definition) is 6. The lowest BCUT2D eigenvalue weighted by Gasteiger charge is -2.41. The fourth-order valence-electron chi connectivity index (χ4n) is 5.09. The zero-order valence-electron chi connectivity index (χ0n) is 25.4. The van der Waals surface area contributed by atoms with Crippen molar-refractivity contribution in [2.24, 2.45) is 34.6 Å². The minimum absolute atomic E-state index is 0.0195. The summed E-state index contributed by atoms with van der Waals surface area (Å²) in [5.74, 6) is -3.89. The number of carbonyl (C=O) groups excluding carboxylic acids is 3. The van der Waals surface area contributed by atoms with Crippen molar-refractivity contribution in [1.82, 2.24) is 5.32 Å². The number of carbonyl (C=O) groups is 3. The minimum Gasteiger partial charge on any atom is -0.515 e. The van der Waals surface area contributed by atoms with Crippen molar-refractivity contribution < 1.29 is 29.7 Å².